The molecule has 0 bridgehead atoms. The molecule has 3 aromatic carbocycles. The fourth-order valence-corrected chi connectivity index (χ4v) is 4.99. The lowest BCUT2D eigenvalue weighted by atomic mass is 9.97. The zero-order chi connectivity index (χ0) is 24.7. The van der Waals surface area contributed by atoms with Gasteiger partial charge < -0.3 is 13.9 Å². The normalized spacial score (nSPS) is 14.9. The quantitative estimate of drug-likeness (QED) is 0.242. The summed E-state index contributed by atoms with van der Waals surface area (Å²) in [6, 6.07) is 17.4. The van der Waals surface area contributed by atoms with Crippen molar-refractivity contribution >= 4 is 54.4 Å². The smallest absolute Gasteiger partial charge is 0.295 e. The van der Waals surface area contributed by atoms with Crippen molar-refractivity contribution in [3.8, 4) is 11.5 Å². The summed E-state index contributed by atoms with van der Waals surface area (Å²) >= 11 is 6.88. The predicted octanol–water partition coefficient (Wildman–Crippen LogP) is 6.87. The molecule has 2 heterocycles. The molecule has 0 saturated heterocycles. The minimum atomic E-state index is -0.701. The highest BCUT2D eigenvalue weighted by molar-refractivity contribution is 9.10. The van der Waals surface area contributed by atoms with E-state index in [1.807, 2.05) is 56.3 Å². The van der Waals surface area contributed by atoms with Crippen LogP contribution in [0, 0.1) is 0 Å². The van der Waals surface area contributed by atoms with Gasteiger partial charge in [0, 0.05) is 14.6 Å². The molecule has 0 N–H and O–H groups in total. The number of halogens is 2. The van der Waals surface area contributed by atoms with E-state index in [0.29, 0.717) is 52.5 Å². The summed E-state index contributed by atoms with van der Waals surface area (Å²) in [5.74, 6) is 0.828. The van der Waals surface area contributed by atoms with Crippen molar-refractivity contribution in [2.75, 3.05) is 18.1 Å². The van der Waals surface area contributed by atoms with E-state index in [1.54, 1.807) is 23.1 Å². The maximum atomic E-state index is 13.8. The SMILES string of the molecule is CCOc1ccc(C2c3c(oc4ccc(Br)cc4c3=O)C(=O)N2c2ccc(Br)cc2)cc1OCC. The van der Waals surface area contributed by atoms with Gasteiger partial charge in [0.2, 0.25) is 5.76 Å². The third-order valence-electron chi connectivity index (χ3n) is 5.82. The first kappa shape index (κ1) is 23.6. The number of hydrogen-bond acceptors (Lipinski definition) is 5. The second-order valence-electron chi connectivity index (χ2n) is 7.94. The van der Waals surface area contributed by atoms with Crippen LogP contribution in [-0.4, -0.2) is 19.1 Å². The summed E-state index contributed by atoms with van der Waals surface area (Å²) in [6.07, 6.45) is 0. The number of ether oxygens (including phenoxy) is 2. The second kappa shape index (κ2) is 9.51. The van der Waals surface area contributed by atoms with Crippen LogP contribution in [0.25, 0.3) is 11.0 Å². The Bertz CT molecular complexity index is 1500. The number of anilines is 1. The minimum Gasteiger partial charge on any atom is -0.490 e. The largest absolute Gasteiger partial charge is 0.490 e. The van der Waals surface area contributed by atoms with E-state index in [4.69, 9.17) is 13.9 Å². The van der Waals surface area contributed by atoms with Gasteiger partial charge in [0.15, 0.2) is 16.9 Å². The van der Waals surface area contributed by atoms with Gasteiger partial charge in [0.05, 0.1) is 30.2 Å². The molecule has 8 heteroatoms. The standard InChI is InChI=1S/C27H21Br2NO5/c1-3-33-21-11-5-15(13-22(21)34-4-2)24-23-25(31)19-14-17(29)8-12-20(19)35-26(23)27(32)30(24)18-9-6-16(28)7-10-18/h5-14,24H,3-4H2,1-2H3. The monoisotopic (exact) mass is 597 g/mol. The van der Waals surface area contributed by atoms with Gasteiger partial charge >= 0.3 is 0 Å². The molecule has 5 rings (SSSR count). The Labute approximate surface area is 218 Å². The zero-order valence-corrected chi connectivity index (χ0v) is 22.2. The van der Waals surface area contributed by atoms with Crippen molar-refractivity contribution in [3.63, 3.8) is 0 Å². The van der Waals surface area contributed by atoms with Gasteiger partial charge in [-0.3, -0.25) is 14.5 Å². The molecule has 1 aliphatic heterocycles. The number of nitrogens with zero attached hydrogens (tertiary/aromatic N) is 1. The Kier molecular flexibility index (Phi) is 6.42. The van der Waals surface area contributed by atoms with Gasteiger partial charge in [-0.25, -0.2) is 0 Å². The first-order valence-corrected chi connectivity index (χ1v) is 12.8. The lowest BCUT2D eigenvalue weighted by Gasteiger charge is -2.26. The molecule has 178 valence electrons. The van der Waals surface area contributed by atoms with Crippen molar-refractivity contribution in [1.29, 1.82) is 0 Å². The van der Waals surface area contributed by atoms with E-state index >= 15 is 0 Å². The van der Waals surface area contributed by atoms with Crippen molar-refractivity contribution < 1.29 is 18.7 Å². The molecular weight excluding hydrogens is 578 g/mol. The van der Waals surface area contributed by atoms with E-state index in [0.717, 1.165) is 8.95 Å². The Hall–Kier alpha value is -3.10. The number of rotatable bonds is 6. The average molecular weight is 599 g/mol. The van der Waals surface area contributed by atoms with E-state index in [1.165, 1.54) is 0 Å². The van der Waals surface area contributed by atoms with Crippen LogP contribution in [0.2, 0.25) is 0 Å². The van der Waals surface area contributed by atoms with E-state index in [-0.39, 0.29) is 17.1 Å². The number of carbonyl (C=O) groups is 1. The van der Waals surface area contributed by atoms with Crippen LogP contribution < -0.4 is 19.8 Å². The number of hydrogen-bond donors (Lipinski definition) is 0. The molecule has 0 aliphatic carbocycles. The van der Waals surface area contributed by atoms with Crippen LogP contribution in [0.1, 0.15) is 41.6 Å². The molecule has 4 aromatic rings. The van der Waals surface area contributed by atoms with Crippen LogP contribution in [0.4, 0.5) is 5.69 Å². The highest BCUT2D eigenvalue weighted by atomic mass is 79.9. The maximum absolute atomic E-state index is 13.8. The fraction of sp³-hybridized carbons (Fsp3) is 0.185. The number of amides is 1. The summed E-state index contributed by atoms with van der Waals surface area (Å²) in [5, 5.41) is 0.407. The van der Waals surface area contributed by atoms with Gasteiger partial charge in [0.25, 0.3) is 5.91 Å². The molecule has 1 aliphatic rings. The zero-order valence-electron chi connectivity index (χ0n) is 19.0. The summed E-state index contributed by atoms with van der Waals surface area (Å²) in [7, 11) is 0. The van der Waals surface area contributed by atoms with Gasteiger partial charge in [-0.05, 0) is 74.0 Å². The number of benzene rings is 3. The van der Waals surface area contributed by atoms with Crippen molar-refractivity contribution in [3.05, 3.63) is 96.7 Å². The highest BCUT2D eigenvalue weighted by Crippen LogP contribution is 2.43. The van der Waals surface area contributed by atoms with Gasteiger partial charge in [-0.15, -0.1) is 0 Å². The molecule has 1 amide bonds. The van der Waals surface area contributed by atoms with Gasteiger partial charge in [-0.1, -0.05) is 37.9 Å². The molecule has 1 unspecified atom stereocenters. The lowest BCUT2D eigenvalue weighted by molar-refractivity contribution is 0.0971. The summed E-state index contributed by atoms with van der Waals surface area (Å²) in [4.78, 5) is 29.1. The van der Waals surface area contributed by atoms with Crippen molar-refractivity contribution in [2.45, 2.75) is 19.9 Å². The molecule has 0 fully saturated rings. The van der Waals surface area contributed by atoms with Crippen LogP contribution in [0.5, 0.6) is 11.5 Å². The molecule has 1 aromatic heterocycles. The fourth-order valence-electron chi connectivity index (χ4n) is 4.37. The maximum Gasteiger partial charge on any atom is 0.295 e. The molecule has 35 heavy (non-hydrogen) atoms. The Morgan fingerprint density at radius 2 is 1.54 bits per heavy atom. The molecule has 0 saturated carbocycles. The van der Waals surface area contributed by atoms with Crippen LogP contribution >= 0.6 is 31.9 Å². The number of carbonyl (C=O) groups excluding carboxylic acids is 1. The molecule has 0 spiro atoms. The van der Waals surface area contributed by atoms with E-state index < -0.39 is 6.04 Å². The lowest BCUT2D eigenvalue weighted by Crippen LogP contribution is -2.29. The average Bonchev–Trinajstić information content (AvgIpc) is 3.14. The Morgan fingerprint density at radius 1 is 0.857 bits per heavy atom. The summed E-state index contributed by atoms with van der Waals surface area (Å²) in [5.41, 5.74) is 1.78. The third kappa shape index (κ3) is 4.15. The van der Waals surface area contributed by atoms with E-state index in [9.17, 15) is 9.59 Å². The van der Waals surface area contributed by atoms with Crippen LogP contribution in [0.3, 0.4) is 0 Å². The first-order chi connectivity index (χ1) is 16.9. The van der Waals surface area contributed by atoms with Crippen molar-refractivity contribution in [2.24, 2.45) is 0 Å². The topological polar surface area (TPSA) is 69.0 Å². The molecule has 1 atom stereocenters. The van der Waals surface area contributed by atoms with Gasteiger partial charge in [0.1, 0.15) is 5.58 Å². The molecular formula is C27H21Br2NO5. The predicted molar refractivity (Wildman–Crippen MR) is 142 cm³/mol. The Balaban J connectivity index is 1.78. The minimum absolute atomic E-state index is 0.0459. The molecule has 0 radical (unpaired) electrons. The van der Waals surface area contributed by atoms with Crippen LogP contribution in [0.15, 0.2) is 78.8 Å². The summed E-state index contributed by atoms with van der Waals surface area (Å²) in [6.45, 7) is 4.73. The number of fused-ring (bicyclic) bond motifs is 2. The third-order valence-corrected chi connectivity index (χ3v) is 6.84. The molecule has 6 nitrogen and oxygen atoms in total. The summed E-state index contributed by atoms with van der Waals surface area (Å²) < 4.78 is 19.2. The highest BCUT2D eigenvalue weighted by Gasteiger charge is 2.44. The van der Waals surface area contributed by atoms with Crippen molar-refractivity contribution in [1.82, 2.24) is 0 Å². The van der Waals surface area contributed by atoms with Gasteiger partial charge in [-0.2, -0.15) is 0 Å². The van der Waals surface area contributed by atoms with Crippen LogP contribution in [-0.2, 0) is 0 Å². The van der Waals surface area contributed by atoms with E-state index in [2.05, 4.69) is 31.9 Å². The Morgan fingerprint density at radius 3 is 2.26 bits per heavy atom. The second-order valence-corrected chi connectivity index (χ2v) is 9.77. The first-order valence-electron chi connectivity index (χ1n) is 11.2.